The van der Waals surface area contributed by atoms with Crippen LogP contribution in [0.4, 0.5) is 0 Å². The molecule has 0 N–H and O–H groups in total. The van der Waals surface area contributed by atoms with E-state index in [1.54, 1.807) is 0 Å². The highest BCUT2D eigenvalue weighted by molar-refractivity contribution is 5.83. The van der Waals surface area contributed by atoms with Gasteiger partial charge in [0.2, 0.25) is 0 Å². The summed E-state index contributed by atoms with van der Waals surface area (Å²) in [5, 5.41) is 10.2. The second kappa shape index (κ2) is 17.7. The Hall–Kier alpha value is -5.54. The van der Waals surface area contributed by atoms with Crippen LogP contribution in [0.5, 0.6) is 0 Å². The lowest BCUT2D eigenvalue weighted by Crippen LogP contribution is -2.23. The van der Waals surface area contributed by atoms with Crippen LogP contribution in [0, 0.1) is 0 Å². The molecule has 0 unspecified atom stereocenters. The van der Waals surface area contributed by atoms with Crippen LogP contribution in [0.25, 0.3) is 61.6 Å². The zero-order chi connectivity index (χ0) is 44.5. The number of rotatable bonds is 12. The highest BCUT2D eigenvalue weighted by atomic mass is 15.3. The van der Waals surface area contributed by atoms with Crippen molar-refractivity contribution in [3.05, 3.63) is 162 Å². The lowest BCUT2D eigenvalue weighted by molar-refractivity contribution is 0.417. The van der Waals surface area contributed by atoms with E-state index in [4.69, 9.17) is 10.2 Å². The van der Waals surface area contributed by atoms with Crippen molar-refractivity contribution in [3.8, 4) is 61.6 Å². The lowest BCUT2D eigenvalue weighted by atomic mass is 9.84. The molecule has 0 aliphatic carbocycles. The van der Waals surface area contributed by atoms with Gasteiger partial charge in [0.25, 0.3) is 0 Å². The Morgan fingerprint density at radius 1 is 0.403 bits per heavy atom. The summed E-state index contributed by atoms with van der Waals surface area (Å²) in [7, 11) is 0. The molecule has 0 atom stereocenters. The molecule has 0 saturated carbocycles. The van der Waals surface area contributed by atoms with Crippen molar-refractivity contribution in [2.45, 2.75) is 137 Å². The maximum atomic E-state index is 5.12. The number of nitrogens with zero attached hydrogens (tertiary/aromatic N) is 3. The van der Waals surface area contributed by atoms with Gasteiger partial charge in [-0.2, -0.15) is 0 Å². The van der Waals surface area contributed by atoms with E-state index in [1.165, 1.54) is 74.9 Å². The SMILES string of the molecule is CCCCCCC(C)(C)c1nnc(-c2cccc(-c3cc(-c4ccc(C(C)(C)C)cc4)cc(-c4ccc(C(C)(C)C)cc4)c3)c2)n1-c1ccc(C(C)(C)C)cc1-c1ccccc1. The van der Waals surface area contributed by atoms with E-state index in [0.717, 1.165) is 41.3 Å². The molecule has 0 aliphatic rings. The first-order valence-corrected chi connectivity index (χ1v) is 23.0. The molecule has 0 fully saturated rings. The average molecular weight is 820 g/mol. The maximum Gasteiger partial charge on any atom is 0.168 e. The van der Waals surface area contributed by atoms with E-state index >= 15 is 0 Å². The minimum absolute atomic E-state index is 0.00949. The highest BCUT2D eigenvalue weighted by Crippen LogP contribution is 2.41. The Morgan fingerprint density at radius 2 is 0.887 bits per heavy atom. The van der Waals surface area contributed by atoms with E-state index in [0.29, 0.717) is 0 Å². The summed E-state index contributed by atoms with van der Waals surface area (Å²) in [6.07, 6.45) is 5.88. The van der Waals surface area contributed by atoms with Gasteiger partial charge in [0.15, 0.2) is 5.82 Å². The molecule has 0 saturated heterocycles. The molecule has 3 nitrogen and oxygen atoms in total. The van der Waals surface area contributed by atoms with E-state index in [2.05, 4.69) is 227 Å². The van der Waals surface area contributed by atoms with Gasteiger partial charge in [-0.3, -0.25) is 4.57 Å². The average Bonchev–Trinajstić information content (AvgIpc) is 3.71. The Morgan fingerprint density at radius 3 is 1.42 bits per heavy atom. The van der Waals surface area contributed by atoms with Crippen LogP contribution in [0.1, 0.15) is 138 Å². The number of unbranched alkanes of at least 4 members (excludes halogenated alkanes) is 3. The molecular weight excluding hydrogens is 751 g/mol. The van der Waals surface area contributed by atoms with Crippen LogP contribution in [0.15, 0.2) is 140 Å². The largest absolute Gasteiger partial charge is 0.278 e. The van der Waals surface area contributed by atoms with E-state index in [9.17, 15) is 0 Å². The van der Waals surface area contributed by atoms with Gasteiger partial charge >= 0.3 is 0 Å². The zero-order valence-corrected chi connectivity index (χ0v) is 39.7. The number of aromatic nitrogens is 3. The second-order valence-corrected chi connectivity index (χ2v) is 21.3. The molecular formula is C59H69N3. The van der Waals surface area contributed by atoms with Gasteiger partial charge in [-0.15, -0.1) is 10.2 Å². The summed E-state index contributed by atoms with van der Waals surface area (Å²) in [4.78, 5) is 0. The fourth-order valence-corrected chi connectivity index (χ4v) is 8.58. The predicted molar refractivity (Wildman–Crippen MR) is 266 cm³/mol. The van der Waals surface area contributed by atoms with Crippen LogP contribution >= 0.6 is 0 Å². The molecule has 0 amide bonds. The van der Waals surface area contributed by atoms with Crippen LogP contribution in [0.2, 0.25) is 0 Å². The first-order valence-electron chi connectivity index (χ1n) is 23.0. The summed E-state index contributed by atoms with van der Waals surface area (Å²) in [6.45, 7) is 27.5. The van der Waals surface area contributed by atoms with Crippen molar-refractivity contribution >= 4 is 0 Å². The third kappa shape index (κ3) is 9.89. The van der Waals surface area contributed by atoms with Crippen molar-refractivity contribution in [1.29, 1.82) is 0 Å². The fraction of sp³-hybridized carbons (Fsp3) is 0.356. The van der Waals surface area contributed by atoms with Gasteiger partial charge in [-0.1, -0.05) is 212 Å². The van der Waals surface area contributed by atoms with Crippen LogP contribution < -0.4 is 0 Å². The molecule has 7 rings (SSSR count). The van der Waals surface area contributed by atoms with Gasteiger partial charge < -0.3 is 0 Å². The summed E-state index contributed by atoms with van der Waals surface area (Å²) in [5.74, 6) is 1.85. The molecule has 0 radical (unpaired) electrons. The predicted octanol–water partition coefficient (Wildman–Crippen LogP) is 16.7. The summed E-state index contributed by atoms with van der Waals surface area (Å²) < 4.78 is 2.38. The van der Waals surface area contributed by atoms with Gasteiger partial charge in [0.1, 0.15) is 5.82 Å². The molecule has 0 bridgehead atoms. The van der Waals surface area contributed by atoms with Crippen molar-refractivity contribution in [2.75, 3.05) is 0 Å². The number of hydrogen-bond acceptors (Lipinski definition) is 2. The van der Waals surface area contributed by atoms with Crippen molar-refractivity contribution in [2.24, 2.45) is 0 Å². The quantitative estimate of drug-likeness (QED) is 0.115. The number of benzene rings is 6. The molecule has 6 aromatic carbocycles. The second-order valence-electron chi connectivity index (χ2n) is 21.3. The minimum Gasteiger partial charge on any atom is -0.278 e. The Kier molecular flexibility index (Phi) is 12.7. The number of hydrogen-bond donors (Lipinski definition) is 0. The van der Waals surface area contributed by atoms with Crippen LogP contribution in [0.3, 0.4) is 0 Å². The maximum absolute atomic E-state index is 5.12. The summed E-state index contributed by atoms with van der Waals surface area (Å²) in [6, 6.07) is 52.1. The molecule has 1 heterocycles. The van der Waals surface area contributed by atoms with E-state index in [1.807, 2.05) is 0 Å². The van der Waals surface area contributed by atoms with Crippen molar-refractivity contribution in [3.63, 3.8) is 0 Å². The topological polar surface area (TPSA) is 30.7 Å². The van der Waals surface area contributed by atoms with Gasteiger partial charge in [-0.05, 0) is 115 Å². The third-order valence-corrected chi connectivity index (χ3v) is 12.7. The van der Waals surface area contributed by atoms with E-state index < -0.39 is 0 Å². The van der Waals surface area contributed by atoms with Gasteiger partial charge in [0, 0.05) is 16.5 Å². The molecule has 0 aliphatic heterocycles. The normalized spacial score (nSPS) is 12.5. The lowest BCUT2D eigenvalue weighted by Gasteiger charge is -2.27. The third-order valence-electron chi connectivity index (χ3n) is 12.7. The Balaban J connectivity index is 1.41. The summed E-state index contributed by atoms with van der Waals surface area (Å²) >= 11 is 0. The van der Waals surface area contributed by atoms with E-state index in [-0.39, 0.29) is 21.7 Å². The minimum atomic E-state index is -0.207. The monoisotopic (exact) mass is 820 g/mol. The van der Waals surface area contributed by atoms with Gasteiger partial charge in [-0.25, -0.2) is 0 Å². The van der Waals surface area contributed by atoms with Crippen LogP contribution in [-0.2, 0) is 21.7 Å². The highest BCUT2D eigenvalue weighted by Gasteiger charge is 2.31. The standard InChI is InChI=1S/C59H69N3/c1-13-14-15-19-35-59(11,12)55-61-60-54(62(55)53-34-33-51(58(8,9)10)40-52(53)43-21-17-16-18-22-43)45-24-20-23-44(36-45)48-38-46(41-25-29-49(30-26-41)56(2,3)4)37-47(39-48)42-27-31-50(32-28-42)57(5,6)7/h16-18,20-34,36-40H,13-15,19,35H2,1-12H3. The van der Waals surface area contributed by atoms with Gasteiger partial charge in [0.05, 0.1) is 5.69 Å². The Bertz CT molecular complexity index is 2530. The van der Waals surface area contributed by atoms with Crippen molar-refractivity contribution < 1.29 is 0 Å². The Labute approximate surface area is 373 Å². The van der Waals surface area contributed by atoms with Crippen molar-refractivity contribution in [1.82, 2.24) is 14.8 Å². The molecule has 7 aromatic rings. The first kappa shape index (κ1) is 44.5. The fourth-order valence-electron chi connectivity index (χ4n) is 8.58. The molecule has 62 heavy (non-hydrogen) atoms. The zero-order valence-electron chi connectivity index (χ0n) is 39.7. The smallest absolute Gasteiger partial charge is 0.168 e. The molecule has 0 spiro atoms. The molecule has 3 heteroatoms. The molecule has 1 aromatic heterocycles. The molecule has 320 valence electrons. The summed E-state index contributed by atoms with van der Waals surface area (Å²) in [5.41, 5.74) is 15.6. The van der Waals surface area contributed by atoms with Crippen LogP contribution in [-0.4, -0.2) is 14.8 Å². The first-order chi connectivity index (χ1) is 29.3.